The van der Waals surface area contributed by atoms with E-state index in [1.807, 2.05) is 35.1 Å². The van der Waals surface area contributed by atoms with Crippen molar-refractivity contribution in [1.29, 1.82) is 0 Å². The number of rotatable bonds is 9. The summed E-state index contributed by atoms with van der Waals surface area (Å²) >= 11 is 0. The second-order valence-electron chi connectivity index (χ2n) is 7.36. The van der Waals surface area contributed by atoms with Crippen LogP contribution >= 0.6 is 0 Å². The van der Waals surface area contributed by atoms with Crippen LogP contribution in [0, 0.1) is 0 Å². The molecular formula is C24H29N7. The van der Waals surface area contributed by atoms with Crippen molar-refractivity contribution in [3.05, 3.63) is 78.4 Å². The third kappa shape index (κ3) is 5.72. The number of hydrogen-bond donors (Lipinski definition) is 3. The second-order valence-corrected chi connectivity index (χ2v) is 7.36. The maximum absolute atomic E-state index is 4.70. The molecular weight excluding hydrogens is 386 g/mol. The number of aromatic amines is 1. The molecule has 160 valence electrons. The van der Waals surface area contributed by atoms with Gasteiger partial charge in [-0.1, -0.05) is 24.3 Å². The van der Waals surface area contributed by atoms with Crippen molar-refractivity contribution < 1.29 is 0 Å². The molecule has 4 aromatic rings. The van der Waals surface area contributed by atoms with Gasteiger partial charge in [0.05, 0.1) is 16.7 Å². The average Bonchev–Trinajstić information content (AvgIpc) is 3.47. The summed E-state index contributed by atoms with van der Waals surface area (Å²) in [5, 5.41) is 11.0. The Hall–Kier alpha value is -3.61. The highest BCUT2D eigenvalue weighted by Gasteiger charge is 2.03. The monoisotopic (exact) mass is 415 g/mol. The summed E-state index contributed by atoms with van der Waals surface area (Å²) in [7, 11) is 0. The Balaban J connectivity index is 1.23. The highest BCUT2D eigenvalue weighted by molar-refractivity contribution is 5.79. The number of benzene rings is 2. The number of para-hydroxylation sites is 2. The van der Waals surface area contributed by atoms with E-state index < -0.39 is 0 Å². The number of aromatic nitrogens is 4. The predicted molar refractivity (Wildman–Crippen MR) is 126 cm³/mol. The second kappa shape index (κ2) is 10.4. The Morgan fingerprint density at radius 3 is 2.68 bits per heavy atom. The number of aliphatic imine (C=N–C) groups is 1. The predicted octanol–water partition coefficient (Wildman–Crippen LogP) is 3.48. The van der Waals surface area contributed by atoms with Gasteiger partial charge in [0.1, 0.15) is 5.82 Å². The smallest absolute Gasteiger partial charge is 0.191 e. The maximum atomic E-state index is 4.70. The number of nitrogens with zero attached hydrogens (tertiary/aromatic N) is 4. The third-order valence-electron chi connectivity index (χ3n) is 5.04. The van der Waals surface area contributed by atoms with Gasteiger partial charge in [0.2, 0.25) is 0 Å². The largest absolute Gasteiger partial charge is 0.357 e. The van der Waals surface area contributed by atoms with Gasteiger partial charge in [-0.2, -0.15) is 5.10 Å². The van der Waals surface area contributed by atoms with Gasteiger partial charge in [-0.15, -0.1) is 0 Å². The van der Waals surface area contributed by atoms with Gasteiger partial charge in [0, 0.05) is 38.4 Å². The van der Waals surface area contributed by atoms with Crippen molar-refractivity contribution in [1.82, 2.24) is 30.4 Å². The summed E-state index contributed by atoms with van der Waals surface area (Å²) in [5.41, 5.74) is 4.47. The lowest BCUT2D eigenvalue weighted by Gasteiger charge is -2.11. The van der Waals surface area contributed by atoms with Crippen LogP contribution in [0.4, 0.5) is 0 Å². The zero-order valence-electron chi connectivity index (χ0n) is 17.9. The zero-order valence-corrected chi connectivity index (χ0v) is 17.9. The number of guanidine groups is 1. The van der Waals surface area contributed by atoms with Gasteiger partial charge in [0.25, 0.3) is 0 Å². The minimum absolute atomic E-state index is 0.755. The van der Waals surface area contributed by atoms with E-state index in [-0.39, 0.29) is 0 Å². The lowest BCUT2D eigenvalue weighted by molar-refractivity contribution is 0.763. The fraction of sp³-hybridized carbons (Fsp3) is 0.292. The lowest BCUT2D eigenvalue weighted by Crippen LogP contribution is -2.38. The summed E-state index contributed by atoms with van der Waals surface area (Å²) < 4.78 is 1.86. The van der Waals surface area contributed by atoms with Gasteiger partial charge < -0.3 is 15.6 Å². The first-order valence-electron chi connectivity index (χ1n) is 10.9. The Labute approximate surface area is 182 Å². The first-order valence-corrected chi connectivity index (χ1v) is 10.9. The van der Waals surface area contributed by atoms with E-state index in [1.165, 1.54) is 5.56 Å². The number of hydrogen-bond acceptors (Lipinski definition) is 3. The molecule has 7 nitrogen and oxygen atoms in total. The summed E-state index contributed by atoms with van der Waals surface area (Å²) in [5.74, 6) is 1.88. The fourth-order valence-electron chi connectivity index (χ4n) is 3.47. The van der Waals surface area contributed by atoms with E-state index in [2.05, 4.69) is 63.0 Å². The standard InChI is InChI=1S/C24H29N7/c1-2-25-24(26-15-5-9-23-29-21-7-3-4-8-22(21)30-23)27-17-14-19-10-12-20(13-11-19)31-18-6-16-28-31/h3-4,6-8,10-13,16,18H,2,5,9,14-15,17H2,1H3,(H,29,30)(H2,25,26,27). The third-order valence-corrected chi connectivity index (χ3v) is 5.04. The molecule has 2 heterocycles. The topological polar surface area (TPSA) is 82.9 Å². The Kier molecular flexibility index (Phi) is 6.95. The van der Waals surface area contributed by atoms with Crippen molar-refractivity contribution in [3.8, 4) is 5.69 Å². The fourth-order valence-corrected chi connectivity index (χ4v) is 3.47. The van der Waals surface area contributed by atoms with Gasteiger partial charge >= 0.3 is 0 Å². The summed E-state index contributed by atoms with van der Waals surface area (Å²) in [6.45, 7) is 4.51. The highest BCUT2D eigenvalue weighted by Crippen LogP contribution is 2.11. The molecule has 3 N–H and O–H groups in total. The van der Waals surface area contributed by atoms with Gasteiger partial charge in [0.15, 0.2) is 5.96 Å². The van der Waals surface area contributed by atoms with E-state index in [0.717, 1.165) is 67.4 Å². The molecule has 0 fully saturated rings. The van der Waals surface area contributed by atoms with Gasteiger partial charge in [-0.05, 0) is 55.7 Å². The summed E-state index contributed by atoms with van der Waals surface area (Å²) in [4.78, 5) is 12.7. The molecule has 0 atom stereocenters. The molecule has 0 radical (unpaired) electrons. The van der Waals surface area contributed by atoms with E-state index in [0.29, 0.717) is 0 Å². The van der Waals surface area contributed by atoms with Crippen LogP contribution in [0.2, 0.25) is 0 Å². The number of aryl methyl sites for hydroxylation is 1. The molecule has 0 saturated carbocycles. The minimum Gasteiger partial charge on any atom is -0.357 e. The van der Waals surface area contributed by atoms with Crippen molar-refractivity contribution in [3.63, 3.8) is 0 Å². The van der Waals surface area contributed by atoms with Crippen molar-refractivity contribution >= 4 is 17.0 Å². The summed E-state index contributed by atoms with van der Waals surface area (Å²) in [6.07, 6.45) is 6.51. The van der Waals surface area contributed by atoms with Crippen LogP contribution in [0.1, 0.15) is 24.7 Å². The van der Waals surface area contributed by atoms with Crippen LogP contribution in [0.5, 0.6) is 0 Å². The molecule has 2 aromatic carbocycles. The normalized spacial score (nSPS) is 11.7. The molecule has 0 unspecified atom stereocenters. The SMILES string of the molecule is CCNC(=NCCCc1nc2ccccc2[nH]1)NCCc1ccc(-n2cccn2)cc1. The van der Waals surface area contributed by atoms with Gasteiger partial charge in [-0.25, -0.2) is 9.67 Å². The van der Waals surface area contributed by atoms with E-state index in [4.69, 9.17) is 4.99 Å². The molecule has 0 amide bonds. The van der Waals surface area contributed by atoms with Gasteiger partial charge in [-0.3, -0.25) is 4.99 Å². The molecule has 0 spiro atoms. The Morgan fingerprint density at radius 1 is 1.03 bits per heavy atom. The number of H-pyrrole nitrogens is 1. The number of nitrogens with one attached hydrogen (secondary N) is 3. The minimum atomic E-state index is 0.755. The van der Waals surface area contributed by atoms with Crippen LogP contribution < -0.4 is 10.6 Å². The van der Waals surface area contributed by atoms with E-state index >= 15 is 0 Å². The molecule has 7 heteroatoms. The highest BCUT2D eigenvalue weighted by atomic mass is 15.3. The van der Waals surface area contributed by atoms with Crippen molar-refractivity contribution in [2.75, 3.05) is 19.6 Å². The number of imidazole rings is 1. The summed E-state index contributed by atoms with van der Waals surface area (Å²) in [6, 6.07) is 18.5. The quantitative estimate of drug-likeness (QED) is 0.222. The molecule has 2 aromatic heterocycles. The Bertz CT molecular complexity index is 1060. The van der Waals surface area contributed by atoms with Crippen LogP contribution in [-0.4, -0.2) is 45.3 Å². The van der Waals surface area contributed by atoms with Crippen LogP contribution in [-0.2, 0) is 12.8 Å². The molecule has 4 rings (SSSR count). The average molecular weight is 416 g/mol. The molecule has 0 saturated heterocycles. The first-order chi connectivity index (χ1) is 15.3. The molecule has 0 aliphatic rings. The van der Waals surface area contributed by atoms with Crippen LogP contribution in [0.3, 0.4) is 0 Å². The maximum Gasteiger partial charge on any atom is 0.191 e. The molecule has 0 bridgehead atoms. The lowest BCUT2D eigenvalue weighted by atomic mass is 10.1. The van der Waals surface area contributed by atoms with Crippen LogP contribution in [0.15, 0.2) is 72.0 Å². The van der Waals surface area contributed by atoms with E-state index in [1.54, 1.807) is 6.20 Å². The molecule has 0 aliphatic carbocycles. The first kappa shape index (κ1) is 20.7. The van der Waals surface area contributed by atoms with E-state index in [9.17, 15) is 0 Å². The van der Waals surface area contributed by atoms with Crippen molar-refractivity contribution in [2.45, 2.75) is 26.2 Å². The zero-order chi connectivity index (χ0) is 21.3. The van der Waals surface area contributed by atoms with Crippen LogP contribution in [0.25, 0.3) is 16.7 Å². The Morgan fingerprint density at radius 2 is 1.90 bits per heavy atom. The molecule has 31 heavy (non-hydrogen) atoms. The molecule has 0 aliphatic heterocycles. The van der Waals surface area contributed by atoms with Crippen molar-refractivity contribution in [2.24, 2.45) is 4.99 Å². The number of fused-ring (bicyclic) bond motifs is 1.